The molecule has 2 rings (SSSR count). The summed E-state index contributed by atoms with van der Waals surface area (Å²) in [6.45, 7) is 0.134. The topological polar surface area (TPSA) is 85.8 Å². The van der Waals surface area contributed by atoms with Gasteiger partial charge in [-0.05, 0) is 18.2 Å². The molecule has 82 valence electrons. The Morgan fingerprint density at radius 3 is 3.06 bits per heavy atom. The van der Waals surface area contributed by atoms with Crippen molar-refractivity contribution < 1.29 is 4.79 Å². The van der Waals surface area contributed by atoms with Crippen LogP contribution in [0.1, 0.15) is 0 Å². The highest BCUT2D eigenvalue weighted by molar-refractivity contribution is 5.90. The molecule has 0 spiro atoms. The van der Waals surface area contributed by atoms with Gasteiger partial charge >= 0.3 is 0 Å². The monoisotopic (exact) mass is 217 g/mol. The first-order valence-electron chi connectivity index (χ1n) is 4.73. The van der Waals surface area contributed by atoms with E-state index < -0.39 is 0 Å². The van der Waals surface area contributed by atoms with Gasteiger partial charge in [0.25, 0.3) is 0 Å². The van der Waals surface area contributed by atoms with Crippen LogP contribution in [0, 0.1) is 0 Å². The molecule has 0 saturated carbocycles. The van der Waals surface area contributed by atoms with Crippen LogP contribution < -0.4 is 11.1 Å². The number of hydrogen-bond donors (Lipinski definition) is 2. The highest BCUT2D eigenvalue weighted by atomic mass is 16.2. The molecule has 6 heteroatoms. The van der Waals surface area contributed by atoms with Gasteiger partial charge in [0.1, 0.15) is 6.54 Å². The maximum Gasteiger partial charge on any atom is 0.246 e. The molecule has 1 aromatic carbocycles. The zero-order valence-corrected chi connectivity index (χ0v) is 8.50. The molecule has 2 aromatic rings. The van der Waals surface area contributed by atoms with Crippen LogP contribution in [0.3, 0.4) is 0 Å². The van der Waals surface area contributed by atoms with Crippen LogP contribution in [0.2, 0.25) is 0 Å². The summed E-state index contributed by atoms with van der Waals surface area (Å²) in [5, 5.41) is 10.0. The summed E-state index contributed by atoms with van der Waals surface area (Å²) in [7, 11) is 0. The number of anilines is 2. The lowest BCUT2D eigenvalue weighted by Crippen LogP contribution is -2.19. The van der Waals surface area contributed by atoms with E-state index in [4.69, 9.17) is 5.73 Å². The van der Waals surface area contributed by atoms with Crippen LogP contribution in [0.4, 0.5) is 11.4 Å². The molecular weight excluding hydrogens is 206 g/mol. The zero-order valence-electron chi connectivity index (χ0n) is 8.50. The lowest BCUT2D eigenvalue weighted by Gasteiger charge is -2.05. The highest BCUT2D eigenvalue weighted by Crippen LogP contribution is 2.11. The molecular formula is C10H11N5O. The lowest BCUT2D eigenvalue weighted by atomic mass is 10.3. The zero-order chi connectivity index (χ0) is 11.4. The summed E-state index contributed by atoms with van der Waals surface area (Å²) in [5.41, 5.74) is 6.87. The second-order valence-corrected chi connectivity index (χ2v) is 3.27. The molecule has 1 aromatic heterocycles. The highest BCUT2D eigenvalue weighted by Gasteiger charge is 2.03. The number of carbonyl (C=O) groups is 1. The molecule has 0 aliphatic rings. The van der Waals surface area contributed by atoms with E-state index in [1.165, 1.54) is 10.9 Å². The minimum atomic E-state index is -0.170. The third-order valence-electron chi connectivity index (χ3n) is 1.95. The molecule has 0 aliphatic carbocycles. The summed E-state index contributed by atoms with van der Waals surface area (Å²) in [6, 6.07) is 7.00. The molecule has 0 bridgehead atoms. The first-order chi connectivity index (χ1) is 7.74. The average molecular weight is 217 g/mol. The predicted molar refractivity (Wildman–Crippen MR) is 59.5 cm³/mol. The van der Waals surface area contributed by atoms with Gasteiger partial charge in [-0.1, -0.05) is 11.3 Å². The van der Waals surface area contributed by atoms with Crippen LogP contribution in [-0.2, 0) is 11.3 Å². The van der Waals surface area contributed by atoms with Crippen LogP contribution in [0.15, 0.2) is 36.7 Å². The Morgan fingerprint density at radius 1 is 1.50 bits per heavy atom. The minimum Gasteiger partial charge on any atom is -0.399 e. The largest absolute Gasteiger partial charge is 0.399 e. The van der Waals surface area contributed by atoms with Crippen molar-refractivity contribution in [3.8, 4) is 0 Å². The predicted octanol–water partition coefficient (Wildman–Crippen LogP) is 0.499. The fourth-order valence-corrected chi connectivity index (χ4v) is 1.28. The smallest absolute Gasteiger partial charge is 0.246 e. The van der Waals surface area contributed by atoms with Crippen molar-refractivity contribution in [2.45, 2.75) is 6.54 Å². The van der Waals surface area contributed by atoms with Crippen molar-refractivity contribution in [1.82, 2.24) is 15.0 Å². The Balaban J connectivity index is 1.97. The number of amides is 1. The van der Waals surface area contributed by atoms with Crippen LogP contribution >= 0.6 is 0 Å². The van der Waals surface area contributed by atoms with Gasteiger partial charge in [0.15, 0.2) is 0 Å². The molecule has 0 unspecified atom stereocenters. The number of nitrogens with two attached hydrogens (primary N) is 1. The van der Waals surface area contributed by atoms with Crippen molar-refractivity contribution in [3.63, 3.8) is 0 Å². The van der Waals surface area contributed by atoms with E-state index in [1.807, 2.05) is 0 Å². The Hall–Kier alpha value is -2.37. The first-order valence-corrected chi connectivity index (χ1v) is 4.73. The Kier molecular flexibility index (Phi) is 2.81. The normalized spacial score (nSPS) is 10.0. The number of aromatic nitrogens is 3. The molecule has 0 saturated heterocycles. The molecule has 3 N–H and O–H groups in total. The SMILES string of the molecule is Nc1cccc(NC(=O)Cn2ccnn2)c1. The van der Waals surface area contributed by atoms with Gasteiger partial charge in [0.2, 0.25) is 5.91 Å². The quantitative estimate of drug-likeness (QED) is 0.733. The molecule has 1 amide bonds. The maximum absolute atomic E-state index is 11.6. The second-order valence-electron chi connectivity index (χ2n) is 3.27. The molecule has 0 atom stereocenters. The molecule has 0 fully saturated rings. The van der Waals surface area contributed by atoms with Crippen molar-refractivity contribution in [1.29, 1.82) is 0 Å². The van der Waals surface area contributed by atoms with E-state index in [1.54, 1.807) is 30.5 Å². The van der Waals surface area contributed by atoms with Crippen LogP contribution in [-0.4, -0.2) is 20.9 Å². The number of benzene rings is 1. The molecule has 6 nitrogen and oxygen atoms in total. The van der Waals surface area contributed by atoms with E-state index in [9.17, 15) is 4.79 Å². The molecule has 1 heterocycles. The van der Waals surface area contributed by atoms with Gasteiger partial charge < -0.3 is 11.1 Å². The maximum atomic E-state index is 11.6. The standard InChI is InChI=1S/C10H11N5O/c11-8-2-1-3-9(6-8)13-10(16)7-15-5-4-12-14-15/h1-6H,7,11H2,(H,13,16). The third-order valence-corrected chi connectivity index (χ3v) is 1.95. The number of nitrogen functional groups attached to an aromatic ring is 1. The summed E-state index contributed by atoms with van der Waals surface area (Å²) < 4.78 is 1.45. The van der Waals surface area contributed by atoms with Gasteiger partial charge in [-0.25, -0.2) is 4.68 Å². The second kappa shape index (κ2) is 4.43. The van der Waals surface area contributed by atoms with E-state index in [0.29, 0.717) is 11.4 Å². The Labute approximate surface area is 92.1 Å². The average Bonchev–Trinajstić information content (AvgIpc) is 2.70. The summed E-state index contributed by atoms with van der Waals surface area (Å²) >= 11 is 0. The summed E-state index contributed by atoms with van der Waals surface area (Å²) in [4.78, 5) is 11.6. The summed E-state index contributed by atoms with van der Waals surface area (Å²) in [6.07, 6.45) is 3.15. The first kappa shape index (κ1) is 10.2. The van der Waals surface area contributed by atoms with Crippen molar-refractivity contribution in [2.24, 2.45) is 0 Å². The van der Waals surface area contributed by atoms with Gasteiger partial charge in [-0.15, -0.1) is 5.10 Å². The van der Waals surface area contributed by atoms with Crippen molar-refractivity contribution >= 4 is 17.3 Å². The molecule has 16 heavy (non-hydrogen) atoms. The Bertz CT molecular complexity index is 480. The fraction of sp³-hybridized carbons (Fsp3) is 0.100. The van der Waals surface area contributed by atoms with Gasteiger partial charge in [0.05, 0.1) is 6.20 Å². The molecule has 0 aliphatic heterocycles. The van der Waals surface area contributed by atoms with E-state index in [0.717, 1.165) is 0 Å². The third kappa shape index (κ3) is 2.57. The number of nitrogens with zero attached hydrogens (tertiary/aromatic N) is 3. The number of rotatable bonds is 3. The molecule has 0 radical (unpaired) electrons. The van der Waals surface area contributed by atoms with Gasteiger partial charge in [-0.3, -0.25) is 4.79 Å². The van der Waals surface area contributed by atoms with E-state index in [-0.39, 0.29) is 12.5 Å². The number of nitrogens with one attached hydrogen (secondary N) is 1. The van der Waals surface area contributed by atoms with Crippen molar-refractivity contribution in [2.75, 3.05) is 11.1 Å². The van der Waals surface area contributed by atoms with Crippen molar-refractivity contribution in [3.05, 3.63) is 36.7 Å². The minimum absolute atomic E-state index is 0.134. The van der Waals surface area contributed by atoms with Crippen LogP contribution in [0.5, 0.6) is 0 Å². The lowest BCUT2D eigenvalue weighted by molar-refractivity contribution is -0.116. The van der Waals surface area contributed by atoms with E-state index >= 15 is 0 Å². The number of carbonyl (C=O) groups excluding carboxylic acids is 1. The summed E-state index contributed by atoms with van der Waals surface area (Å²) in [5.74, 6) is -0.170. The van der Waals surface area contributed by atoms with Crippen LogP contribution in [0.25, 0.3) is 0 Å². The number of hydrogen-bond acceptors (Lipinski definition) is 4. The van der Waals surface area contributed by atoms with Gasteiger partial charge in [-0.2, -0.15) is 0 Å². The van der Waals surface area contributed by atoms with E-state index in [2.05, 4.69) is 15.6 Å². The fourth-order valence-electron chi connectivity index (χ4n) is 1.28. The van der Waals surface area contributed by atoms with Gasteiger partial charge in [0, 0.05) is 17.6 Å². The Morgan fingerprint density at radius 2 is 2.38 bits per heavy atom.